The van der Waals surface area contributed by atoms with Crippen molar-refractivity contribution >= 4 is 0 Å². The molecule has 0 aliphatic heterocycles. The second kappa shape index (κ2) is 6.00. The van der Waals surface area contributed by atoms with Crippen molar-refractivity contribution < 1.29 is 5.11 Å². The van der Waals surface area contributed by atoms with Gasteiger partial charge in [0.15, 0.2) is 0 Å². The Bertz CT molecular complexity index is 616. The number of aryl methyl sites for hydroxylation is 2. The summed E-state index contributed by atoms with van der Waals surface area (Å²) in [4.78, 5) is 0. The van der Waals surface area contributed by atoms with E-state index in [1.165, 1.54) is 16.7 Å². The maximum absolute atomic E-state index is 10.6. The van der Waals surface area contributed by atoms with Crippen molar-refractivity contribution in [2.45, 2.75) is 39.3 Å². The lowest BCUT2D eigenvalue weighted by Gasteiger charge is -2.26. The molecule has 4 heteroatoms. The number of hydrogen-bond acceptors (Lipinski definition) is 3. The summed E-state index contributed by atoms with van der Waals surface area (Å²) in [5.74, 6) is 0. The Hall–Kier alpha value is -1.65. The van der Waals surface area contributed by atoms with Crippen LogP contribution in [0.1, 0.15) is 42.1 Å². The van der Waals surface area contributed by atoms with E-state index in [9.17, 15) is 5.11 Å². The van der Waals surface area contributed by atoms with Crippen LogP contribution in [0, 0.1) is 13.8 Å². The van der Waals surface area contributed by atoms with Crippen molar-refractivity contribution in [2.24, 2.45) is 7.05 Å². The molecule has 21 heavy (non-hydrogen) atoms. The zero-order valence-electron chi connectivity index (χ0n) is 13.5. The number of aliphatic hydroxyl groups is 1. The average molecular weight is 287 g/mol. The summed E-state index contributed by atoms with van der Waals surface area (Å²) in [6, 6.07) is 6.53. The predicted molar refractivity (Wildman–Crippen MR) is 85.1 cm³/mol. The van der Waals surface area contributed by atoms with E-state index in [4.69, 9.17) is 0 Å². The summed E-state index contributed by atoms with van der Waals surface area (Å²) >= 11 is 0. The molecule has 0 bridgehead atoms. The molecule has 0 spiro atoms. The van der Waals surface area contributed by atoms with Crippen molar-refractivity contribution in [3.05, 3.63) is 52.8 Å². The van der Waals surface area contributed by atoms with Gasteiger partial charge in [0.2, 0.25) is 0 Å². The summed E-state index contributed by atoms with van der Waals surface area (Å²) in [6.45, 7) is 8.68. The van der Waals surface area contributed by atoms with Gasteiger partial charge in [0.25, 0.3) is 0 Å². The SMILES string of the molecule is Cc1cccc(C(C)NCC(C)(O)c2cnn(C)c2)c1C. The molecular formula is C17H25N3O. The molecule has 2 N–H and O–H groups in total. The van der Waals surface area contributed by atoms with Gasteiger partial charge in [-0.15, -0.1) is 0 Å². The lowest BCUT2D eigenvalue weighted by Crippen LogP contribution is -2.36. The summed E-state index contributed by atoms with van der Waals surface area (Å²) in [5, 5.41) is 18.2. The van der Waals surface area contributed by atoms with Gasteiger partial charge in [0.05, 0.1) is 6.20 Å². The molecule has 0 amide bonds. The number of benzene rings is 1. The number of aromatic nitrogens is 2. The van der Waals surface area contributed by atoms with Crippen LogP contribution in [0.5, 0.6) is 0 Å². The maximum Gasteiger partial charge on any atom is 0.102 e. The first-order chi connectivity index (χ1) is 9.81. The largest absolute Gasteiger partial charge is 0.384 e. The molecule has 0 aliphatic carbocycles. The van der Waals surface area contributed by atoms with Gasteiger partial charge in [-0.1, -0.05) is 18.2 Å². The topological polar surface area (TPSA) is 50.1 Å². The first-order valence-corrected chi connectivity index (χ1v) is 7.32. The van der Waals surface area contributed by atoms with Crippen LogP contribution in [-0.4, -0.2) is 21.4 Å². The minimum atomic E-state index is -0.930. The Morgan fingerprint density at radius 2 is 2.10 bits per heavy atom. The van der Waals surface area contributed by atoms with Crippen LogP contribution in [0.25, 0.3) is 0 Å². The van der Waals surface area contributed by atoms with Crippen LogP contribution in [-0.2, 0) is 12.6 Å². The van der Waals surface area contributed by atoms with E-state index in [0.29, 0.717) is 6.54 Å². The molecule has 4 nitrogen and oxygen atoms in total. The summed E-state index contributed by atoms with van der Waals surface area (Å²) < 4.78 is 1.71. The molecule has 0 aliphatic rings. The third-order valence-corrected chi connectivity index (χ3v) is 4.19. The third kappa shape index (κ3) is 3.52. The van der Waals surface area contributed by atoms with Crippen LogP contribution in [0.3, 0.4) is 0 Å². The minimum absolute atomic E-state index is 0.188. The van der Waals surface area contributed by atoms with Crippen LogP contribution in [0.15, 0.2) is 30.6 Å². The number of nitrogens with zero attached hydrogens (tertiary/aromatic N) is 2. The maximum atomic E-state index is 10.6. The third-order valence-electron chi connectivity index (χ3n) is 4.19. The van der Waals surface area contributed by atoms with E-state index in [-0.39, 0.29) is 6.04 Å². The normalized spacial score (nSPS) is 15.7. The quantitative estimate of drug-likeness (QED) is 0.888. The minimum Gasteiger partial charge on any atom is -0.384 e. The highest BCUT2D eigenvalue weighted by molar-refractivity contribution is 5.35. The van der Waals surface area contributed by atoms with E-state index in [1.54, 1.807) is 10.9 Å². The van der Waals surface area contributed by atoms with Gasteiger partial charge in [0, 0.05) is 31.4 Å². The molecule has 0 radical (unpaired) electrons. The molecule has 1 aromatic carbocycles. The van der Waals surface area contributed by atoms with Crippen LogP contribution >= 0.6 is 0 Å². The van der Waals surface area contributed by atoms with Gasteiger partial charge in [0.1, 0.15) is 5.60 Å². The number of nitrogens with one attached hydrogen (secondary N) is 1. The Labute approximate surface area is 126 Å². The van der Waals surface area contributed by atoms with Gasteiger partial charge in [-0.2, -0.15) is 5.10 Å². The molecule has 2 atom stereocenters. The first kappa shape index (κ1) is 15.7. The van der Waals surface area contributed by atoms with Gasteiger partial charge in [-0.05, 0) is 44.4 Å². The standard InChI is InChI=1S/C17H25N3O/c1-12-7-6-8-16(13(12)2)14(3)18-11-17(4,21)15-9-19-20(5)10-15/h6-10,14,18,21H,11H2,1-5H3. The molecule has 2 aromatic rings. The Morgan fingerprint density at radius 1 is 1.38 bits per heavy atom. The fourth-order valence-electron chi connectivity index (χ4n) is 2.51. The Morgan fingerprint density at radius 3 is 2.71 bits per heavy atom. The Kier molecular flexibility index (Phi) is 4.49. The van der Waals surface area contributed by atoms with Crippen molar-refractivity contribution in [3.8, 4) is 0 Å². The lowest BCUT2D eigenvalue weighted by molar-refractivity contribution is 0.0542. The van der Waals surface area contributed by atoms with Crippen molar-refractivity contribution in [2.75, 3.05) is 6.54 Å². The second-order valence-electron chi connectivity index (χ2n) is 6.07. The molecule has 2 unspecified atom stereocenters. The van der Waals surface area contributed by atoms with Crippen molar-refractivity contribution in [3.63, 3.8) is 0 Å². The molecule has 1 heterocycles. The first-order valence-electron chi connectivity index (χ1n) is 7.32. The lowest BCUT2D eigenvalue weighted by atomic mass is 9.96. The molecule has 0 saturated heterocycles. The summed E-state index contributed by atoms with van der Waals surface area (Å²) in [5.41, 5.74) is 3.77. The van der Waals surface area contributed by atoms with Crippen LogP contribution < -0.4 is 5.32 Å². The molecule has 114 valence electrons. The molecule has 0 fully saturated rings. The van der Waals surface area contributed by atoms with E-state index < -0.39 is 5.60 Å². The predicted octanol–water partition coefficient (Wildman–Crippen LogP) is 2.60. The summed E-state index contributed by atoms with van der Waals surface area (Å²) in [6.07, 6.45) is 3.56. The van der Waals surface area contributed by atoms with Crippen LogP contribution in [0.2, 0.25) is 0 Å². The van der Waals surface area contributed by atoms with E-state index in [0.717, 1.165) is 5.56 Å². The van der Waals surface area contributed by atoms with Crippen molar-refractivity contribution in [1.29, 1.82) is 0 Å². The Balaban J connectivity index is 2.07. The fraction of sp³-hybridized carbons (Fsp3) is 0.471. The smallest absolute Gasteiger partial charge is 0.102 e. The molecule has 1 aromatic heterocycles. The van der Waals surface area contributed by atoms with E-state index in [2.05, 4.69) is 49.4 Å². The zero-order valence-corrected chi connectivity index (χ0v) is 13.5. The highest BCUT2D eigenvalue weighted by Gasteiger charge is 2.25. The molecule has 2 rings (SSSR count). The zero-order chi connectivity index (χ0) is 15.6. The highest BCUT2D eigenvalue weighted by Crippen LogP contribution is 2.23. The molecular weight excluding hydrogens is 262 g/mol. The highest BCUT2D eigenvalue weighted by atomic mass is 16.3. The monoisotopic (exact) mass is 287 g/mol. The fourth-order valence-corrected chi connectivity index (χ4v) is 2.51. The van der Waals surface area contributed by atoms with Crippen LogP contribution in [0.4, 0.5) is 0 Å². The van der Waals surface area contributed by atoms with Gasteiger partial charge < -0.3 is 10.4 Å². The van der Waals surface area contributed by atoms with E-state index in [1.807, 2.05) is 20.2 Å². The second-order valence-corrected chi connectivity index (χ2v) is 6.07. The number of hydrogen-bond donors (Lipinski definition) is 2. The van der Waals surface area contributed by atoms with Gasteiger partial charge in [-0.25, -0.2) is 0 Å². The number of rotatable bonds is 5. The van der Waals surface area contributed by atoms with Crippen molar-refractivity contribution in [1.82, 2.24) is 15.1 Å². The average Bonchev–Trinajstić information content (AvgIpc) is 2.87. The molecule has 0 saturated carbocycles. The van der Waals surface area contributed by atoms with Gasteiger partial charge >= 0.3 is 0 Å². The summed E-state index contributed by atoms with van der Waals surface area (Å²) in [7, 11) is 1.85. The van der Waals surface area contributed by atoms with Gasteiger partial charge in [-0.3, -0.25) is 4.68 Å². The van der Waals surface area contributed by atoms with E-state index >= 15 is 0 Å².